The molecule has 24 heavy (non-hydrogen) atoms. The van der Waals surface area contributed by atoms with Crippen molar-refractivity contribution in [3.63, 3.8) is 0 Å². The summed E-state index contributed by atoms with van der Waals surface area (Å²) in [7, 11) is 0. The largest absolute Gasteiger partial charge is 0.443 e. The molecule has 0 saturated heterocycles. The molecule has 0 spiro atoms. The van der Waals surface area contributed by atoms with Gasteiger partial charge in [0.25, 0.3) is 0 Å². The zero-order valence-electron chi connectivity index (χ0n) is 12.4. The van der Waals surface area contributed by atoms with Crippen LogP contribution in [-0.2, 0) is 22.7 Å². The second kappa shape index (κ2) is 9.00. The average molecular weight is 369 g/mol. The summed E-state index contributed by atoms with van der Waals surface area (Å²) in [5, 5.41) is 1.18. The van der Waals surface area contributed by atoms with Crippen LogP contribution in [0.2, 0.25) is 10.0 Å². The number of carbonyl (C=O) groups excluding carboxylic acids is 2. The molecule has 2 amide bonds. The van der Waals surface area contributed by atoms with Gasteiger partial charge in [-0.05, 0) is 35.4 Å². The van der Waals surface area contributed by atoms with Gasteiger partial charge in [-0.2, -0.15) is 0 Å². The SMILES string of the molecule is O=C(NNC(=O)OCc1ccc(Cl)cc1)OCc1ccc(Cl)cc1. The molecule has 8 heteroatoms. The van der Waals surface area contributed by atoms with Gasteiger partial charge in [0.1, 0.15) is 13.2 Å². The lowest BCUT2D eigenvalue weighted by molar-refractivity contribution is 0.117. The predicted octanol–water partition coefficient (Wildman–Crippen LogP) is 4.06. The van der Waals surface area contributed by atoms with Crippen molar-refractivity contribution >= 4 is 35.4 Å². The summed E-state index contributed by atoms with van der Waals surface area (Å²) in [6, 6.07) is 13.6. The van der Waals surface area contributed by atoms with Gasteiger partial charge in [0, 0.05) is 10.0 Å². The summed E-state index contributed by atoms with van der Waals surface area (Å²) in [5.74, 6) is 0. The zero-order valence-corrected chi connectivity index (χ0v) is 13.9. The van der Waals surface area contributed by atoms with E-state index in [-0.39, 0.29) is 13.2 Å². The third kappa shape index (κ3) is 6.36. The molecule has 0 aliphatic carbocycles. The Morgan fingerprint density at radius 1 is 0.708 bits per heavy atom. The lowest BCUT2D eigenvalue weighted by Crippen LogP contribution is -2.42. The molecule has 0 aromatic heterocycles. The summed E-state index contributed by atoms with van der Waals surface area (Å²) >= 11 is 11.5. The molecule has 2 N–H and O–H groups in total. The highest BCUT2D eigenvalue weighted by Crippen LogP contribution is 2.11. The lowest BCUT2D eigenvalue weighted by Gasteiger charge is -2.09. The van der Waals surface area contributed by atoms with Gasteiger partial charge in [-0.1, -0.05) is 47.5 Å². The Morgan fingerprint density at radius 3 is 1.38 bits per heavy atom. The van der Waals surface area contributed by atoms with Crippen LogP contribution in [0.4, 0.5) is 9.59 Å². The Hall–Kier alpha value is -2.44. The van der Waals surface area contributed by atoms with Crippen molar-refractivity contribution in [3.8, 4) is 0 Å². The molecule has 0 radical (unpaired) electrons. The molecule has 0 aliphatic heterocycles. The third-order valence-electron chi connectivity index (χ3n) is 2.83. The van der Waals surface area contributed by atoms with E-state index in [1.54, 1.807) is 48.5 Å². The molecule has 126 valence electrons. The monoisotopic (exact) mass is 368 g/mol. The minimum atomic E-state index is -0.812. The molecule has 0 atom stereocenters. The molecule has 2 aromatic carbocycles. The maximum Gasteiger partial charge on any atom is 0.426 e. The number of carbonyl (C=O) groups is 2. The van der Waals surface area contributed by atoms with Gasteiger partial charge in [0.05, 0.1) is 0 Å². The normalized spacial score (nSPS) is 9.92. The Labute approximate surface area is 148 Å². The zero-order chi connectivity index (χ0) is 17.4. The Morgan fingerprint density at radius 2 is 1.04 bits per heavy atom. The van der Waals surface area contributed by atoms with Crippen LogP contribution in [0.1, 0.15) is 11.1 Å². The van der Waals surface area contributed by atoms with Crippen LogP contribution in [-0.4, -0.2) is 12.2 Å². The molecule has 0 aliphatic rings. The van der Waals surface area contributed by atoms with Gasteiger partial charge in [0.15, 0.2) is 0 Å². The van der Waals surface area contributed by atoms with E-state index in [9.17, 15) is 9.59 Å². The Kier molecular flexibility index (Phi) is 6.72. The van der Waals surface area contributed by atoms with Crippen LogP contribution in [0.5, 0.6) is 0 Å². The van der Waals surface area contributed by atoms with E-state index in [4.69, 9.17) is 32.7 Å². The highest BCUT2D eigenvalue weighted by Gasteiger charge is 2.07. The number of hydrogen-bond acceptors (Lipinski definition) is 4. The molecule has 0 saturated carbocycles. The number of halogens is 2. The first-order chi connectivity index (χ1) is 11.5. The Balaban J connectivity index is 1.64. The van der Waals surface area contributed by atoms with Crippen molar-refractivity contribution in [1.29, 1.82) is 0 Å². The van der Waals surface area contributed by atoms with E-state index in [0.717, 1.165) is 11.1 Å². The van der Waals surface area contributed by atoms with Crippen molar-refractivity contribution in [2.75, 3.05) is 0 Å². The van der Waals surface area contributed by atoms with Crippen LogP contribution in [0.25, 0.3) is 0 Å². The van der Waals surface area contributed by atoms with E-state index in [1.807, 2.05) is 0 Å². The minimum Gasteiger partial charge on any atom is -0.443 e. The quantitative estimate of drug-likeness (QED) is 0.797. The number of rotatable bonds is 4. The van der Waals surface area contributed by atoms with Gasteiger partial charge in [-0.25, -0.2) is 20.4 Å². The number of ether oxygens (including phenoxy) is 2. The molecule has 0 fully saturated rings. The number of benzene rings is 2. The lowest BCUT2D eigenvalue weighted by atomic mass is 10.2. The van der Waals surface area contributed by atoms with E-state index >= 15 is 0 Å². The topological polar surface area (TPSA) is 76.7 Å². The number of nitrogens with one attached hydrogen (secondary N) is 2. The van der Waals surface area contributed by atoms with Gasteiger partial charge in [-0.3, -0.25) is 0 Å². The molecule has 0 unspecified atom stereocenters. The first-order valence-corrected chi connectivity index (χ1v) is 7.63. The number of amides is 2. The summed E-state index contributed by atoms with van der Waals surface area (Å²) in [4.78, 5) is 22.9. The maximum atomic E-state index is 11.5. The van der Waals surface area contributed by atoms with Gasteiger partial charge >= 0.3 is 12.2 Å². The van der Waals surface area contributed by atoms with Gasteiger partial charge < -0.3 is 9.47 Å². The van der Waals surface area contributed by atoms with Crippen molar-refractivity contribution in [3.05, 3.63) is 69.7 Å². The predicted molar refractivity (Wildman–Crippen MR) is 89.5 cm³/mol. The van der Waals surface area contributed by atoms with Crippen LogP contribution in [0, 0.1) is 0 Å². The van der Waals surface area contributed by atoms with E-state index in [1.165, 1.54) is 0 Å². The van der Waals surface area contributed by atoms with Crippen LogP contribution < -0.4 is 10.9 Å². The highest BCUT2D eigenvalue weighted by atomic mass is 35.5. The second-order valence-corrected chi connectivity index (χ2v) is 5.53. The first-order valence-electron chi connectivity index (χ1n) is 6.87. The fraction of sp³-hybridized carbons (Fsp3) is 0.125. The van der Waals surface area contributed by atoms with Gasteiger partial charge in [0.2, 0.25) is 0 Å². The summed E-state index contributed by atoms with van der Waals surface area (Å²) in [6.07, 6.45) is -1.62. The molecule has 2 aromatic rings. The average Bonchev–Trinajstić information content (AvgIpc) is 2.59. The second-order valence-electron chi connectivity index (χ2n) is 4.66. The third-order valence-corrected chi connectivity index (χ3v) is 3.34. The highest BCUT2D eigenvalue weighted by molar-refractivity contribution is 6.30. The van der Waals surface area contributed by atoms with Gasteiger partial charge in [-0.15, -0.1) is 0 Å². The summed E-state index contributed by atoms with van der Waals surface area (Å²) in [5.41, 5.74) is 5.68. The number of hydrazine groups is 1. The van der Waals surface area contributed by atoms with Crippen LogP contribution >= 0.6 is 23.2 Å². The van der Waals surface area contributed by atoms with Crippen molar-refractivity contribution in [2.24, 2.45) is 0 Å². The molecule has 0 heterocycles. The fourth-order valence-electron chi connectivity index (χ4n) is 1.63. The van der Waals surface area contributed by atoms with Crippen molar-refractivity contribution < 1.29 is 19.1 Å². The van der Waals surface area contributed by atoms with Crippen LogP contribution in [0.15, 0.2) is 48.5 Å². The standard InChI is InChI=1S/C16H14Cl2N2O4/c17-13-5-1-11(2-6-13)9-23-15(21)19-20-16(22)24-10-12-3-7-14(18)8-4-12/h1-8H,9-10H2,(H,19,21)(H,20,22). The van der Waals surface area contributed by atoms with Crippen molar-refractivity contribution in [1.82, 2.24) is 10.9 Å². The molecule has 6 nitrogen and oxygen atoms in total. The maximum absolute atomic E-state index is 11.5. The number of hydrogen-bond donors (Lipinski definition) is 2. The first kappa shape index (κ1) is 17.9. The molecular formula is C16H14Cl2N2O4. The van der Waals surface area contributed by atoms with E-state index in [0.29, 0.717) is 10.0 Å². The minimum absolute atomic E-state index is 0.0461. The summed E-state index contributed by atoms with van der Waals surface area (Å²) < 4.78 is 9.83. The molecular weight excluding hydrogens is 355 g/mol. The van der Waals surface area contributed by atoms with Crippen molar-refractivity contribution in [2.45, 2.75) is 13.2 Å². The molecule has 0 bridgehead atoms. The van der Waals surface area contributed by atoms with Crippen LogP contribution in [0.3, 0.4) is 0 Å². The Bertz CT molecular complexity index is 629. The fourth-order valence-corrected chi connectivity index (χ4v) is 1.89. The van der Waals surface area contributed by atoms with E-state index < -0.39 is 12.2 Å². The summed E-state index contributed by atoms with van der Waals surface area (Å²) in [6.45, 7) is 0.0923. The van der Waals surface area contributed by atoms with E-state index in [2.05, 4.69) is 10.9 Å². The smallest absolute Gasteiger partial charge is 0.426 e. The molecule has 2 rings (SSSR count).